The Bertz CT molecular complexity index is 110. The number of nitrogens with two attached hydrogens (primary N) is 1. The fourth-order valence-corrected chi connectivity index (χ4v) is 0.801. The van der Waals surface area contributed by atoms with E-state index in [0.29, 0.717) is 5.92 Å². The summed E-state index contributed by atoms with van der Waals surface area (Å²) in [7, 11) is 0. The first-order valence-electron chi connectivity index (χ1n) is 4.84. The Morgan fingerprint density at radius 1 is 1.42 bits per heavy atom. The maximum Gasteiger partial charge on any atom is 0.0489 e. The molecule has 0 aliphatic rings. The molecular formula is C10H23NO. The van der Waals surface area contributed by atoms with E-state index < -0.39 is 0 Å². The molecule has 12 heavy (non-hydrogen) atoms. The van der Waals surface area contributed by atoms with Gasteiger partial charge in [-0.15, -0.1) is 0 Å². The van der Waals surface area contributed by atoms with E-state index in [0.717, 1.165) is 26.1 Å². The summed E-state index contributed by atoms with van der Waals surface area (Å²) in [6.45, 7) is 10.1. The minimum atomic E-state index is -0.0447. The average molecular weight is 173 g/mol. The van der Waals surface area contributed by atoms with Crippen LogP contribution in [0.1, 0.15) is 40.5 Å². The van der Waals surface area contributed by atoms with Crippen LogP contribution in [-0.4, -0.2) is 18.8 Å². The van der Waals surface area contributed by atoms with E-state index in [1.165, 1.54) is 0 Å². The molecule has 0 aromatic carbocycles. The number of rotatable bonds is 6. The Kier molecular flexibility index (Phi) is 5.51. The highest BCUT2D eigenvalue weighted by Crippen LogP contribution is 2.10. The van der Waals surface area contributed by atoms with Gasteiger partial charge >= 0.3 is 0 Å². The molecule has 0 amide bonds. The van der Waals surface area contributed by atoms with Crippen molar-refractivity contribution in [1.29, 1.82) is 0 Å². The summed E-state index contributed by atoms with van der Waals surface area (Å²) < 4.78 is 5.45. The van der Waals surface area contributed by atoms with Gasteiger partial charge in [0, 0.05) is 18.8 Å². The molecule has 0 aliphatic carbocycles. The Morgan fingerprint density at radius 3 is 2.42 bits per heavy atom. The molecule has 0 aromatic heterocycles. The maximum atomic E-state index is 5.95. The van der Waals surface area contributed by atoms with Gasteiger partial charge < -0.3 is 10.5 Å². The largest absolute Gasteiger partial charge is 0.381 e. The molecule has 0 aromatic rings. The lowest BCUT2D eigenvalue weighted by Gasteiger charge is -2.22. The van der Waals surface area contributed by atoms with E-state index in [1.807, 2.05) is 0 Å². The first-order valence-corrected chi connectivity index (χ1v) is 4.84. The third-order valence-corrected chi connectivity index (χ3v) is 2.08. The molecule has 2 N–H and O–H groups in total. The highest BCUT2D eigenvalue weighted by atomic mass is 16.5. The standard InChI is InChI=1S/C10H23NO/c1-5-10(4,11)6-7-12-8-9(2)3/h9H,5-8,11H2,1-4H3. The van der Waals surface area contributed by atoms with Gasteiger partial charge in [-0.25, -0.2) is 0 Å². The fourth-order valence-electron chi connectivity index (χ4n) is 0.801. The van der Waals surface area contributed by atoms with Crippen LogP contribution in [0.15, 0.2) is 0 Å². The molecule has 0 heterocycles. The Hall–Kier alpha value is -0.0800. The normalized spacial score (nSPS) is 16.5. The molecule has 0 saturated heterocycles. The van der Waals surface area contributed by atoms with Gasteiger partial charge in [-0.3, -0.25) is 0 Å². The quantitative estimate of drug-likeness (QED) is 0.625. The molecule has 2 heteroatoms. The van der Waals surface area contributed by atoms with Gasteiger partial charge in [0.25, 0.3) is 0 Å². The summed E-state index contributed by atoms with van der Waals surface area (Å²) in [5, 5.41) is 0. The minimum Gasteiger partial charge on any atom is -0.381 e. The van der Waals surface area contributed by atoms with E-state index >= 15 is 0 Å². The molecule has 1 atom stereocenters. The second kappa shape index (κ2) is 5.55. The van der Waals surface area contributed by atoms with Crippen LogP contribution in [0.25, 0.3) is 0 Å². The fraction of sp³-hybridized carbons (Fsp3) is 1.00. The van der Waals surface area contributed by atoms with Crippen molar-refractivity contribution < 1.29 is 4.74 Å². The van der Waals surface area contributed by atoms with E-state index in [-0.39, 0.29) is 5.54 Å². The van der Waals surface area contributed by atoms with Crippen molar-refractivity contribution in [3.05, 3.63) is 0 Å². The van der Waals surface area contributed by atoms with Gasteiger partial charge in [-0.05, 0) is 25.7 Å². The van der Waals surface area contributed by atoms with Crippen LogP contribution in [0, 0.1) is 5.92 Å². The second-order valence-corrected chi connectivity index (χ2v) is 4.23. The maximum absolute atomic E-state index is 5.95. The van der Waals surface area contributed by atoms with Gasteiger partial charge in [0.15, 0.2) is 0 Å². The number of ether oxygens (including phenoxy) is 1. The Morgan fingerprint density at radius 2 is 2.00 bits per heavy atom. The van der Waals surface area contributed by atoms with Crippen molar-refractivity contribution in [2.24, 2.45) is 11.7 Å². The molecule has 0 bridgehead atoms. The van der Waals surface area contributed by atoms with E-state index in [9.17, 15) is 0 Å². The summed E-state index contributed by atoms with van der Waals surface area (Å²) in [6, 6.07) is 0. The van der Waals surface area contributed by atoms with Crippen LogP contribution in [0.4, 0.5) is 0 Å². The van der Waals surface area contributed by atoms with Crippen molar-refractivity contribution in [1.82, 2.24) is 0 Å². The summed E-state index contributed by atoms with van der Waals surface area (Å²) >= 11 is 0. The lowest BCUT2D eigenvalue weighted by Crippen LogP contribution is -2.36. The van der Waals surface area contributed by atoms with Crippen LogP contribution in [-0.2, 0) is 4.74 Å². The van der Waals surface area contributed by atoms with Gasteiger partial charge in [0.05, 0.1) is 0 Å². The average Bonchev–Trinajstić information content (AvgIpc) is 1.98. The Labute approximate surface area is 76.5 Å². The van der Waals surface area contributed by atoms with E-state index in [4.69, 9.17) is 10.5 Å². The number of hydrogen-bond acceptors (Lipinski definition) is 2. The molecule has 0 rings (SSSR count). The van der Waals surface area contributed by atoms with Crippen LogP contribution in [0.3, 0.4) is 0 Å². The summed E-state index contributed by atoms with van der Waals surface area (Å²) in [5.74, 6) is 0.621. The summed E-state index contributed by atoms with van der Waals surface area (Å²) in [6.07, 6.45) is 1.97. The molecule has 2 nitrogen and oxygen atoms in total. The highest BCUT2D eigenvalue weighted by Gasteiger charge is 2.14. The third kappa shape index (κ3) is 6.62. The third-order valence-electron chi connectivity index (χ3n) is 2.08. The second-order valence-electron chi connectivity index (χ2n) is 4.23. The lowest BCUT2D eigenvalue weighted by atomic mass is 9.97. The first-order chi connectivity index (χ1) is 5.48. The van der Waals surface area contributed by atoms with Crippen molar-refractivity contribution in [3.63, 3.8) is 0 Å². The zero-order chi connectivity index (χ0) is 9.61. The van der Waals surface area contributed by atoms with Crippen molar-refractivity contribution >= 4 is 0 Å². The highest BCUT2D eigenvalue weighted by molar-refractivity contribution is 4.75. The Balaban J connectivity index is 3.31. The minimum absolute atomic E-state index is 0.0447. The zero-order valence-corrected chi connectivity index (χ0v) is 8.89. The van der Waals surface area contributed by atoms with Crippen molar-refractivity contribution in [2.75, 3.05) is 13.2 Å². The van der Waals surface area contributed by atoms with Gasteiger partial charge in [-0.2, -0.15) is 0 Å². The SMILES string of the molecule is CCC(C)(N)CCOCC(C)C. The molecule has 0 saturated carbocycles. The topological polar surface area (TPSA) is 35.2 Å². The van der Waals surface area contributed by atoms with Gasteiger partial charge in [0.2, 0.25) is 0 Å². The molecule has 1 unspecified atom stereocenters. The van der Waals surface area contributed by atoms with Crippen molar-refractivity contribution in [3.8, 4) is 0 Å². The van der Waals surface area contributed by atoms with Gasteiger partial charge in [0.1, 0.15) is 0 Å². The van der Waals surface area contributed by atoms with Crippen LogP contribution >= 0.6 is 0 Å². The zero-order valence-electron chi connectivity index (χ0n) is 8.89. The predicted octanol–water partition coefficient (Wildman–Crippen LogP) is 2.18. The molecule has 0 fully saturated rings. The smallest absolute Gasteiger partial charge is 0.0489 e. The predicted molar refractivity (Wildman–Crippen MR) is 53.2 cm³/mol. The molecular weight excluding hydrogens is 150 g/mol. The van der Waals surface area contributed by atoms with E-state index in [2.05, 4.69) is 27.7 Å². The van der Waals surface area contributed by atoms with Crippen molar-refractivity contribution in [2.45, 2.75) is 46.1 Å². The summed E-state index contributed by atoms with van der Waals surface area (Å²) in [4.78, 5) is 0. The van der Waals surface area contributed by atoms with Crippen LogP contribution < -0.4 is 5.73 Å². The monoisotopic (exact) mass is 173 g/mol. The lowest BCUT2D eigenvalue weighted by molar-refractivity contribution is 0.0947. The first kappa shape index (κ1) is 11.9. The van der Waals surface area contributed by atoms with Gasteiger partial charge in [-0.1, -0.05) is 20.8 Å². The molecule has 0 spiro atoms. The van der Waals surface area contributed by atoms with Crippen LogP contribution in [0.5, 0.6) is 0 Å². The molecule has 74 valence electrons. The van der Waals surface area contributed by atoms with Crippen LogP contribution in [0.2, 0.25) is 0 Å². The van der Waals surface area contributed by atoms with E-state index in [1.54, 1.807) is 0 Å². The summed E-state index contributed by atoms with van der Waals surface area (Å²) in [5.41, 5.74) is 5.91. The molecule has 0 radical (unpaired) electrons. The number of hydrogen-bond donors (Lipinski definition) is 1. The molecule has 0 aliphatic heterocycles.